The molecule has 3 atom stereocenters. The van der Waals surface area contributed by atoms with Crippen LogP contribution in [0.2, 0.25) is 0 Å². The van der Waals surface area contributed by atoms with Gasteiger partial charge < -0.3 is 14.6 Å². The van der Waals surface area contributed by atoms with Gasteiger partial charge in [0.2, 0.25) is 0 Å². The monoisotopic (exact) mass is 510 g/mol. The number of hydrogen-bond acceptors (Lipinski definition) is 5. The molecule has 0 radical (unpaired) electrons. The lowest BCUT2D eigenvalue weighted by Crippen LogP contribution is -2.31. The summed E-state index contributed by atoms with van der Waals surface area (Å²) in [5.41, 5.74) is 0.274. The highest BCUT2D eigenvalue weighted by Gasteiger charge is 2.32. The number of carbonyl (C=O) groups excluding carboxylic acids is 2. The summed E-state index contributed by atoms with van der Waals surface area (Å²) in [4.78, 5) is 35.5. The maximum absolute atomic E-state index is 12.6. The number of unbranched alkanes of at least 4 members (excludes halogenated alkanes) is 13. The molecule has 0 fully saturated rings. The molecule has 0 aromatic rings. The Bertz CT molecular complexity index is 615. The van der Waals surface area contributed by atoms with Crippen molar-refractivity contribution >= 4 is 17.9 Å². The molecule has 0 heterocycles. The van der Waals surface area contributed by atoms with Gasteiger partial charge in [-0.05, 0) is 19.3 Å². The molecule has 6 nitrogen and oxygen atoms in total. The highest BCUT2D eigenvalue weighted by atomic mass is 16.6. The average molecular weight is 511 g/mol. The molecule has 0 saturated carbocycles. The molecule has 0 aliphatic carbocycles. The van der Waals surface area contributed by atoms with Gasteiger partial charge in [0.15, 0.2) is 0 Å². The molecule has 36 heavy (non-hydrogen) atoms. The highest BCUT2D eigenvalue weighted by molar-refractivity contribution is 5.87. The van der Waals surface area contributed by atoms with E-state index in [1.54, 1.807) is 13.8 Å². The van der Waals surface area contributed by atoms with Crippen molar-refractivity contribution in [2.24, 2.45) is 17.8 Å². The molecule has 0 aliphatic rings. The topological polar surface area (TPSA) is 89.9 Å². The second kappa shape index (κ2) is 22.4. The quantitative estimate of drug-likeness (QED) is 0.0806. The van der Waals surface area contributed by atoms with E-state index in [4.69, 9.17) is 9.47 Å². The Hall–Kier alpha value is -1.85. The minimum Gasteiger partial charge on any atom is -0.481 e. The highest BCUT2D eigenvalue weighted by Crippen LogP contribution is 2.26. The summed E-state index contributed by atoms with van der Waals surface area (Å²) >= 11 is 0. The standard InChI is InChI=1S/C30H54O6/c1-6-7-8-9-10-11-12-13-14-15-16-17-18-19-20-25(4)23-27(26(5)28(31)32)30(34)36-22-21-35-29(33)24(2)3/h25-27H,2,6-23H2,1,3-5H3,(H,31,32). The van der Waals surface area contributed by atoms with Crippen molar-refractivity contribution in [3.8, 4) is 0 Å². The van der Waals surface area contributed by atoms with Crippen LogP contribution in [0.3, 0.4) is 0 Å². The third-order valence-electron chi connectivity index (χ3n) is 6.91. The molecule has 0 aliphatic heterocycles. The van der Waals surface area contributed by atoms with E-state index in [1.165, 1.54) is 83.5 Å². The Morgan fingerprint density at radius 1 is 0.750 bits per heavy atom. The molecule has 0 rings (SSSR count). The first kappa shape index (κ1) is 34.1. The molecule has 0 aromatic carbocycles. The van der Waals surface area contributed by atoms with Crippen LogP contribution >= 0.6 is 0 Å². The number of aliphatic carboxylic acids is 1. The van der Waals surface area contributed by atoms with Crippen LogP contribution in [-0.4, -0.2) is 36.2 Å². The van der Waals surface area contributed by atoms with E-state index in [-0.39, 0.29) is 24.7 Å². The van der Waals surface area contributed by atoms with Gasteiger partial charge in [-0.15, -0.1) is 0 Å². The number of hydrogen-bond donors (Lipinski definition) is 1. The van der Waals surface area contributed by atoms with Gasteiger partial charge in [0.25, 0.3) is 0 Å². The van der Waals surface area contributed by atoms with Crippen molar-refractivity contribution in [3.05, 3.63) is 12.2 Å². The third kappa shape index (κ3) is 18.4. The maximum atomic E-state index is 12.6. The molecule has 0 spiro atoms. The van der Waals surface area contributed by atoms with Crippen LogP contribution in [0, 0.1) is 17.8 Å². The van der Waals surface area contributed by atoms with E-state index in [1.807, 2.05) is 0 Å². The Morgan fingerprint density at radius 3 is 1.64 bits per heavy atom. The van der Waals surface area contributed by atoms with Crippen molar-refractivity contribution in [1.29, 1.82) is 0 Å². The van der Waals surface area contributed by atoms with Gasteiger partial charge in [0, 0.05) is 5.57 Å². The van der Waals surface area contributed by atoms with Crippen LogP contribution in [-0.2, 0) is 23.9 Å². The predicted molar refractivity (Wildman–Crippen MR) is 146 cm³/mol. The van der Waals surface area contributed by atoms with Crippen LogP contribution < -0.4 is 0 Å². The van der Waals surface area contributed by atoms with E-state index < -0.39 is 29.7 Å². The number of rotatable bonds is 24. The minimum atomic E-state index is -1.01. The lowest BCUT2D eigenvalue weighted by atomic mass is 9.84. The number of carboxylic acid groups (broad SMARTS) is 1. The third-order valence-corrected chi connectivity index (χ3v) is 6.91. The summed E-state index contributed by atoms with van der Waals surface area (Å²) in [6, 6.07) is 0. The number of carboxylic acids is 1. The Morgan fingerprint density at radius 2 is 1.19 bits per heavy atom. The minimum absolute atomic E-state index is 0.0692. The summed E-state index contributed by atoms with van der Waals surface area (Å²) < 4.78 is 10.1. The van der Waals surface area contributed by atoms with Gasteiger partial charge in [-0.2, -0.15) is 0 Å². The van der Waals surface area contributed by atoms with E-state index >= 15 is 0 Å². The van der Waals surface area contributed by atoms with Gasteiger partial charge in [-0.1, -0.05) is 124 Å². The zero-order chi connectivity index (χ0) is 27.2. The summed E-state index contributed by atoms with van der Waals surface area (Å²) in [6.45, 7) is 10.8. The van der Waals surface area contributed by atoms with Crippen molar-refractivity contribution in [3.63, 3.8) is 0 Å². The lowest BCUT2D eigenvalue weighted by molar-refractivity contribution is -0.160. The van der Waals surface area contributed by atoms with Crippen molar-refractivity contribution in [1.82, 2.24) is 0 Å². The molecule has 3 unspecified atom stereocenters. The fourth-order valence-electron chi connectivity index (χ4n) is 4.42. The molecule has 0 aromatic heterocycles. The molecule has 210 valence electrons. The van der Waals surface area contributed by atoms with Gasteiger partial charge in [0.1, 0.15) is 13.2 Å². The average Bonchev–Trinajstić information content (AvgIpc) is 2.84. The molecular weight excluding hydrogens is 456 g/mol. The largest absolute Gasteiger partial charge is 0.481 e. The second-order valence-corrected chi connectivity index (χ2v) is 10.5. The second-order valence-electron chi connectivity index (χ2n) is 10.5. The Balaban J connectivity index is 4.03. The van der Waals surface area contributed by atoms with Crippen molar-refractivity contribution in [2.45, 2.75) is 130 Å². The first-order valence-electron chi connectivity index (χ1n) is 14.4. The predicted octanol–water partition coefficient (Wildman–Crippen LogP) is 7.88. The van der Waals surface area contributed by atoms with E-state index in [0.717, 1.165) is 12.8 Å². The van der Waals surface area contributed by atoms with Crippen LogP contribution in [0.1, 0.15) is 130 Å². The fourth-order valence-corrected chi connectivity index (χ4v) is 4.42. The summed E-state index contributed by atoms with van der Waals surface area (Å²) in [7, 11) is 0. The van der Waals surface area contributed by atoms with Crippen molar-refractivity contribution in [2.75, 3.05) is 13.2 Å². The van der Waals surface area contributed by atoms with Gasteiger partial charge in [0.05, 0.1) is 11.8 Å². The van der Waals surface area contributed by atoms with Crippen LogP contribution in [0.15, 0.2) is 12.2 Å². The molecule has 0 bridgehead atoms. The number of esters is 2. The smallest absolute Gasteiger partial charge is 0.333 e. The zero-order valence-electron chi connectivity index (χ0n) is 23.7. The van der Waals surface area contributed by atoms with E-state index in [9.17, 15) is 19.5 Å². The molecule has 0 saturated heterocycles. The molecule has 6 heteroatoms. The SMILES string of the molecule is C=C(C)C(=O)OCCOC(=O)C(CC(C)CCCCCCCCCCCCCCCC)C(C)C(=O)O. The van der Waals surface area contributed by atoms with Crippen LogP contribution in [0.25, 0.3) is 0 Å². The maximum Gasteiger partial charge on any atom is 0.333 e. The lowest BCUT2D eigenvalue weighted by Gasteiger charge is -2.23. The van der Waals surface area contributed by atoms with Crippen molar-refractivity contribution < 1.29 is 29.0 Å². The summed E-state index contributed by atoms with van der Waals surface area (Å²) in [5, 5.41) is 9.44. The molecule has 1 N–H and O–H groups in total. The van der Waals surface area contributed by atoms with Gasteiger partial charge in [-0.25, -0.2) is 4.79 Å². The first-order valence-corrected chi connectivity index (χ1v) is 14.4. The van der Waals surface area contributed by atoms with Gasteiger partial charge in [-0.3, -0.25) is 9.59 Å². The summed E-state index contributed by atoms with van der Waals surface area (Å²) in [6.07, 6.45) is 19.9. The van der Waals surface area contributed by atoms with Crippen LogP contribution in [0.4, 0.5) is 0 Å². The van der Waals surface area contributed by atoms with Gasteiger partial charge >= 0.3 is 17.9 Å². The number of ether oxygens (including phenoxy) is 2. The molecule has 0 amide bonds. The summed E-state index contributed by atoms with van der Waals surface area (Å²) in [5.74, 6) is -3.38. The molecular formula is C30H54O6. The van der Waals surface area contributed by atoms with E-state index in [2.05, 4.69) is 20.4 Å². The van der Waals surface area contributed by atoms with Crippen LogP contribution in [0.5, 0.6) is 0 Å². The Kier molecular flexibility index (Phi) is 21.2. The number of carbonyl (C=O) groups is 3. The Labute approximate surface area is 220 Å². The zero-order valence-corrected chi connectivity index (χ0v) is 23.7. The normalized spacial score (nSPS) is 13.6. The first-order chi connectivity index (χ1) is 17.2. The fraction of sp³-hybridized carbons (Fsp3) is 0.833. The van der Waals surface area contributed by atoms with E-state index in [0.29, 0.717) is 6.42 Å².